The molecule has 122 valence electrons. The number of nitrogens with one attached hydrogen (secondary N) is 1. The Morgan fingerprint density at radius 2 is 2.00 bits per heavy atom. The molecule has 1 aromatic rings. The molecule has 0 amide bonds. The van der Waals surface area contributed by atoms with Gasteiger partial charge in [-0.05, 0) is 25.8 Å². The molecule has 0 aromatic carbocycles. The van der Waals surface area contributed by atoms with Crippen molar-refractivity contribution in [2.75, 3.05) is 24.5 Å². The quantitative estimate of drug-likeness (QED) is 0.784. The third-order valence-corrected chi connectivity index (χ3v) is 4.07. The van der Waals surface area contributed by atoms with Crippen molar-refractivity contribution in [3.8, 4) is 0 Å². The second kappa shape index (κ2) is 7.98. The van der Waals surface area contributed by atoms with Gasteiger partial charge in [-0.3, -0.25) is 0 Å². The lowest BCUT2D eigenvalue weighted by Crippen LogP contribution is -2.34. The van der Waals surface area contributed by atoms with E-state index in [1.807, 2.05) is 13.8 Å². The summed E-state index contributed by atoms with van der Waals surface area (Å²) in [5.41, 5.74) is 0.814. The van der Waals surface area contributed by atoms with E-state index >= 15 is 0 Å². The van der Waals surface area contributed by atoms with Gasteiger partial charge >= 0.3 is 6.18 Å². The lowest BCUT2D eigenvalue weighted by Gasteiger charge is -2.22. The van der Waals surface area contributed by atoms with E-state index in [2.05, 4.69) is 24.1 Å². The van der Waals surface area contributed by atoms with Crippen molar-refractivity contribution in [1.29, 1.82) is 0 Å². The maximum Gasteiger partial charge on any atom is 0.406 e. The van der Waals surface area contributed by atoms with Crippen LogP contribution in [0.5, 0.6) is 0 Å². The number of hydrogen-bond donors (Lipinski definition) is 1. The first-order valence-electron chi connectivity index (χ1n) is 7.21. The maximum absolute atomic E-state index is 12.6. The molecule has 0 fully saturated rings. The second-order valence-corrected chi connectivity index (χ2v) is 6.63. The minimum atomic E-state index is -4.20. The second-order valence-electron chi connectivity index (χ2n) is 5.57. The van der Waals surface area contributed by atoms with Crippen molar-refractivity contribution in [2.24, 2.45) is 5.92 Å². The molecule has 1 rings (SSSR count). The lowest BCUT2D eigenvalue weighted by atomic mass is 10.2. The monoisotopic (exact) mass is 323 g/mol. The van der Waals surface area contributed by atoms with Gasteiger partial charge in [-0.2, -0.15) is 13.2 Å². The van der Waals surface area contributed by atoms with Crippen LogP contribution >= 0.6 is 11.3 Å². The van der Waals surface area contributed by atoms with E-state index in [1.54, 1.807) is 0 Å². The smallest absolute Gasteiger partial charge is 0.339 e. The number of anilines is 1. The van der Waals surface area contributed by atoms with Crippen LogP contribution in [0.3, 0.4) is 0 Å². The Bertz CT molecular complexity index is 430. The minimum absolute atomic E-state index is 0.366. The maximum atomic E-state index is 12.6. The topological polar surface area (TPSA) is 28.2 Å². The first-order valence-corrected chi connectivity index (χ1v) is 8.03. The first-order chi connectivity index (χ1) is 9.73. The third-order valence-electron chi connectivity index (χ3n) is 2.85. The molecule has 3 nitrogen and oxygen atoms in total. The van der Waals surface area contributed by atoms with E-state index < -0.39 is 12.7 Å². The van der Waals surface area contributed by atoms with Gasteiger partial charge < -0.3 is 10.2 Å². The number of aromatic nitrogens is 1. The van der Waals surface area contributed by atoms with Gasteiger partial charge in [-0.25, -0.2) is 4.98 Å². The van der Waals surface area contributed by atoms with Gasteiger partial charge in [-0.1, -0.05) is 20.8 Å². The van der Waals surface area contributed by atoms with Crippen LogP contribution in [0.15, 0.2) is 0 Å². The average molecular weight is 323 g/mol. The SMILES string of the molecule is CCCN(CC(F)(F)F)c1nc(C)c(CNCC(C)C)s1. The zero-order chi connectivity index (χ0) is 16.0. The van der Waals surface area contributed by atoms with Gasteiger partial charge in [0, 0.05) is 18.0 Å². The Balaban J connectivity index is 2.76. The van der Waals surface area contributed by atoms with E-state index in [1.165, 1.54) is 16.2 Å². The van der Waals surface area contributed by atoms with Crippen molar-refractivity contribution in [1.82, 2.24) is 10.3 Å². The summed E-state index contributed by atoms with van der Waals surface area (Å²) < 4.78 is 37.9. The average Bonchev–Trinajstić information content (AvgIpc) is 2.68. The Morgan fingerprint density at radius 1 is 1.33 bits per heavy atom. The molecule has 0 aliphatic carbocycles. The molecular formula is C14H24F3N3S. The molecule has 1 aromatic heterocycles. The molecule has 7 heteroatoms. The number of alkyl halides is 3. The fourth-order valence-corrected chi connectivity index (χ4v) is 2.97. The van der Waals surface area contributed by atoms with Crippen LogP contribution < -0.4 is 10.2 Å². The summed E-state index contributed by atoms with van der Waals surface area (Å²) in [6.07, 6.45) is -3.54. The van der Waals surface area contributed by atoms with Gasteiger partial charge in [0.25, 0.3) is 0 Å². The molecule has 1 heterocycles. The van der Waals surface area contributed by atoms with Gasteiger partial charge in [0.1, 0.15) is 6.54 Å². The van der Waals surface area contributed by atoms with Crippen LogP contribution in [-0.4, -0.2) is 30.8 Å². The molecule has 0 saturated carbocycles. The molecule has 0 aliphatic heterocycles. The van der Waals surface area contributed by atoms with Crippen molar-refractivity contribution in [3.63, 3.8) is 0 Å². The summed E-state index contributed by atoms with van der Waals surface area (Å²) in [7, 11) is 0. The fraction of sp³-hybridized carbons (Fsp3) is 0.786. The van der Waals surface area contributed by atoms with Crippen LogP contribution in [0.1, 0.15) is 37.8 Å². The third kappa shape index (κ3) is 6.65. The van der Waals surface area contributed by atoms with E-state index in [9.17, 15) is 13.2 Å². The predicted molar refractivity (Wildman–Crippen MR) is 82.0 cm³/mol. The number of rotatable bonds is 8. The van der Waals surface area contributed by atoms with Crippen molar-refractivity contribution in [2.45, 2.75) is 46.8 Å². The predicted octanol–water partition coefficient (Wildman–Crippen LogP) is 3.98. The van der Waals surface area contributed by atoms with Gasteiger partial charge in [0.2, 0.25) is 0 Å². The minimum Gasteiger partial charge on any atom is -0.339 e. The molecule has 0 radical (unpaired) electrons. The standard InChI is InChI=1S/C14H24F3N3S/c1-5-6-20(9-14(15,16)17)13-19-11(4)12(21-13)8-18-7-10(2)3/h10,18H,5-9H2,1-4H3. The highest BCUT2D eigenvalue weighted by Gasteiger charge is 2.31. The Hall–Kier alpha value is -0.820. The van der Waals surface area contributed by atoms with E-state index in [0.29, 0.717) is 30.6 Å². The summed E-state index contributed by atoms with van der Waals surface area (Å²) in [6, 6.07) is 0. The van der Waals surface area contributed by atoms with Crippen LogP contribution in [-0.2, 0) is 6.54 Å². The van der Waals surface area contributed by atoms with E-state index in [4.69, 9.17) is 0 Å². The highest BCUT2D eigenvalue weighted by atomic mass is 32.1. The zero-order valence-electron chi connectivity index (χ0n) is 13.0. The van der Waals surface area contributed by atoms with Crippen molar-refractivity contribution >= 4 is 16.5 Å². The fourth-order valence-electron chi connectivity index (χ4n) is 1.91. The number of halogens is 3. The van der Waals surface area contributed by atoms with Crippen LogP contribution in [0.25, 0.3) is 0 Å². The largest absolute Gasteiger partial charge is 0.406 e. The van der Waals surface area contributed by atoms with Gasteiger partial charge in [0.05, 0.1) is 5.69 Å². The molecule has 0 saturated heterocycles. The molecule has 0 bridgehead atoms. The van der Waals surface area contributed by atoms with Crippen molar-refractivity contribution < 1.29 is 13.2 Å². The summed E-state index contributed by atoms with van der Waals surface area (Å²) >= 11 is 1.35. The summed E-state index contributed by atoms with van der Waals surface area (Å²) in [4.78, 5) is 6.65. The Kier molecular flexibility index (Phi) is 6.93. The van der Waals surface area contributed by atoms with E-state index in [-0.39, 0.29) is 0 Å². The Morgan fingerprint density at radius 3 is 2.52 bits per heavy atom. The normalized spacial score (nSPS) is 12.2. The number of aryl methyl sites for hydroxylation is 1. The first kappa shape index (κ1) is 18.2. The summed E-state index contributed by atoms with van der Waals surface area (Å²) in [5.74, 6) is 0.541. The molecule has 1 N–H and O–H groups in total. The number of hydrogen-bond acceptors (Lipinski definition) is 4. The van der Waals surface area contributed by atoms with Crippen molar-refractivity contribution in [3.05, 3.63) is 10.6 Å². The Labute approximate surface area is 128 Å². The van der Waals surface area contributed by atoms with E-state index in [0.717, 1.165) is 17.1 Å². The molecule has 21 heavy (non-hydrogen) atoms. The van der Waals surface area contributed by atoms with Crippen LogP contribution in [0.2, 0.25) is 0 Å². The molecule has 0 atom stereocenters. The number of nitrogens with zero attached hydrogens (tertiary/aromatic N) is 2. The van der Waals surface area contributed by atoms with Gasteiger partial charge in [-0.15, -0.1) is 11.3 Å². The molecule has 0 unspecified atom stereocenters. The van der Waals surface area contributed by atoms with Gasteiger partial charge in [0.15, 0.2) is 5.13 Å². The number of thiazole rings is 1. The molecule has 0 spiro atoms. The molecular weight excluding hydrogens is 299 g/mol. The van der Waals surface area contributed by atoms with Crippen LogP contribution in [0.4, 0.5) is 18.3 Å². The zero-order valence-corrected chi connectivity index (χ0v) is 13.9. The molecule has 0 aliphatic rings. The van der Waals surface area contributed by atoms with Crippen LogP contribution in [0, 0.1) is 12.8 Å². The highest BCUT2D eigenvalue weighted by molar-refractivity contribution is 7.15. The summed E-state index contributed by atoms with van der Waals surface area (Å²) in [5, 5.41) is 3.77. The lowest BCUT2D eigenvalue weighted by molar-refractivity contribution is -0.119. The summed E-state index contributed by atoms with van der Waals surface area (Å²) in [6.45, 7) is 8.92. The highest BCUT2D eigenvalue weighted by Crippen LogP contribution is 2.29.